The Bertz CT molecular complexity index is 1040. The van der Waals surface area contributed by atoms with Gasteiger partial charge in [-0.15, -0.1) is 0 Å². The molecule has 2 heterocycles. The molecule has 184 valence electrons. The van der Waals surface area contributed by atoms with E-state index in [1.165, 1.54) is 38.6 Å². The van der Waals surface area contributed by atoms with Crippen molar-refractivity contribution < 1.29 is 33.3 Å². The van der Waals surface area contributed by atoms with Gasteiger partial charge in [0.05, 0.1) is 29.0 Å². The number of pyridine rings is 2. The highest BCUT2D eigenvalue weighted by atomic mass is 35.5. The van der Waals surface area contributed by atoms with E-state index in [-0.39, 0.29) is 34.7 Å². The first-order valence-corrected chi connectivity index (χ1v) is 11.0. The lowest BCUT2D eigenvalue weighted by Gasteiger charge is -2.21. The van der Waals surface area contributed by atoms with Crippen LogP contribution in [0.25, 0.3) is 0 Å². The second-order valence-electron chi connectivity index (χ2n) is 7.06. The van der Waals surface area contributed by atoms with E-state index in [2.05, 4.69) is 15.3 Å². The van der Waals surface area contributed by atoms with Gasteiger partial charge in [-0.2, -0.15) is 0 Å². The molecule has 1 amide bonds. The van der Waals surface area contributed by atoms with E-state index < -0.39 is 30.7 Å². The molecule has 2 atom stereocenters. The Morgan fingerprint density at radius 3 is 2.56 bits per heavy atom. The Hall–Kier alpha value is -3.11. The molecule has 0 saturated carbocycles. The lowest BCUT2D eigenvalue weighted by atomic mass is 10.1. The number of methoxy groups -OCH3 is 1. The quantitative estimate of drug-likeness (QED) is 0.355. The van der Waals surface area contributed by atoms with Gasteiger partial charge in [-0.1, -0.05) is 30.1 Å². The van der Waals surface area contributed by atoms with Crippen LogP contribution in [0.3, 0.4) is 0 Å². The predicted molar refractivity (Wildman–Crippen MR) is 123 cm³/mol. The topological polar surface area (TPSA) is 126 Å². The maximum atomic E-state index is 13.1. The highest BCUT2D eigenvalue weighted by molar-refractivity contribution is 6.34. The van der Waals surface area contributed by atoms with Gasteiger partial charge >= 0.3 is 11.9 Å². The van der Waals surface area contributed by atoms with Crippen LogP contribution >= 0.6 is 23.2 Å². The molecule has 2 rings (SSSR count). The molecule has 0 spiro atoms. The number of aromatic nitrogens is 2. The van der Waals surface area contributed by atoms with E-state index in [0.717, 1.165) is 0 Å². The molecule has 0 fully saturated rings. The Morgan fingerprint density at radius 2 is 1.94 bits per heavy atom. The number of esters is 2. The van der Waals surface area contributed by atoms with E-state index in [1.54, 1.807) is 6.92 Å². The van der Waals surface area contributed by atoms with Crippen LogP contribution in [0.1, 0.15) is 43.4 Å². The summed E-state index contributed by atoms with van der Waals surface area (Å²) in [6.45, 7) is 4.33. The van der Waals surface area contributed by atoms with E-state index >= 15 is 0 Å². The third-order valence-corrected chi connectivity index (χ3v) is 5.07. The minimum Gasteiger partial charge on any atom is -0.493 e. The first-order chi connectivity index (χ1) is 16.2. The maximum Gasteiger partial charge on any atom is 0.329 e. The molecular weight excluding hydrogens is 489 g/mol. The van der Waals surface area contributed by atoms with Crippen molar-refractivity contribution in [3.63, 3.8) is 0 Å². The number of nitrogens with one attached hydrogen (secondary N) is 1. The smallest absolute Gasteiger partial charge is 0.329 e. The standard InChI is InChI=1S/C22H25Cl2N3O7/c1-5-12(2)34-22(30)17(9-16-15(24)8-14(23)10-26-16)27-21(29)19-20(33-11-32-13(3)28)18(31-4)6-7-25-19/h6-8,10,12,17H,5,9,11H2,1-4H3,(H,27,29)/t12?,17-/m0/s1. The molecule has 0 aromatic carbocycles. The molecule has 1 unspecified atom stereocenters. The van der Waals surface area contributed by atoms with E-state index in [0.29, 0.717) is 17.1 Å². The molecule has 1 N–H and O–H groups in total. The first-order valence-electron chi connectivity index (χ1n) is 10.3. The van der Waals surface area contributed by atoms with Crippen LogP contribution in [0.4, 0.5) is 0 Å². The van der Waals surface area contributed by atoms with Crippen molar-refractivity contribution in [1.29, 1.82) is 0 Å². The van der Waals surface area contributed by atoms with Crippen LogP contribution in [0.15, 0.2) is 24.5 Å². The SMILES string of the molecule is CCC(C)OC(=O)[C@H](Cc1ncc(Cl)cc1Cl)NC(=O)c1nccc(OC)c1OCOC(C)=O. The van der Waals surface area contributed by atoms with Gasteiger partial charge in [0.25, 0.3) is 5.91 Å². The van der Waals surface area contributed by atoms with Crippen LogP contribution < -0.4 is 14.8 Å². The Labute approximate surface area is 206 Å². The molecule has 10 nitrogen and oxygen atoms in total. The third kappa shape index (κ3) is 7.74. The number of carbonyl (C=O) groups is 3. The number of halogens is 2. The zero-order chi connectivity index (χ0) is 25.3. The van der Waals surface area contributed by atoms with Crippen molar-refractivity contribution in [3.05, 3.63) is 46.0 Å². The number of hydrogen-bond acceptors (Lipinski definition) is 9. The average molecular weight is 514 g/mol. The summed E-state index contributed by atoms with van der Waals surface area (Å²) in [5, 5.41) is 3.15. The molecule has 0 aliphatic carbocycles. The number of rotatable bonds is 11. The Morgan fingerprint density at radius 1 is 1.21 bits per heavy atom. The maximum absolute atomic E-state index is 13.1. The highest BCUT2D eigenvalue weighted by Gasteiger charge is 2.29. The number of hydrogen-bond donors (Lipinski definition) is 1. The largest absolute Gasteiger partial charge is 0.493 e. The van der Waals surface area contributed by atoms with Gasteiger partial charge in [-0.3, -0.25) is 14.6 Å². The van der Waals surface area contributed by atoms with Gasteiger partial charge in [0.2, 0.25) is 6.79 Å². The number of nitrogens with zero attached hydrogens (tertiary/aromatic N) is 2. The molecule has 0 aliphatic heterocycles. The molecule has 2 aromatic rings. The number of amides is 1. The number of carbonyl (C=O) groups excluding carboxylic acids is 3. The van der Waals surface area contributed by atoms with Gasteiger partial charge < -0.3 is 24.3 Å². The van der Waals surface area contributed by atoms with Gasteiger partial charge in [0, 0.05) is 31.8 Å². The first kappa shape index (κ1) is 27.1. The van der Waals surface area contributed by atoms with Crippen LogP contribution in [0, 0.1) is 0 Å². The summed E-state index contributed by atoms with van der Waals surface area (Å²) in [7, 11) is 1.37. The molecule has 0 aliphatic rings. The fraction of sp³-hybridized carbons (Fsp3) is 0.409. The summed E-state index contributed by atoms with van der Waals surface area (Å²) in [6, 6.07) is 1.79. The molecule has 0 radical (unpaired) electrons. The normalized spacial score (nSPS) is 12.3. The molecule has 34 heavy (non-hydrogen) atoms. The van der Waals surface area contributed by atoms with Crippen LogP contribution in [0.5, 0.6) is 11.5 Å². The summed E-state index contributed by atoms with van der Waals surface area (Å²) in [5.41, 5.74) is 0.144. The summed E-state index contributed by atoms with van der Waals surface area (Å²) < 4.78 is 20.8. The summed E-state index contributed by atoms with van der Waals surface area (Å²) in [4.78, 5) is 45.2. The molecular formula is C22H25Cl2N3O7. The monoisotopic (exact) mass is 513 g/mol. The molecule has 0 saturated heterocycles. The van der Waals surface area contributed by atoms with Crippen molar-refractivity contribution in [2.45, 2.75) is 45.8 Å². The molecule has 0 bridgehead atoms. The Kier molecular flexibility index (Phi) is 10.3. The van der Waals surface area contributed by atoms with Gasteiger partial charge in [0.15, 0.2) is 17.2 Å². The summed E-state index contributed by atoms with van der Waals surface area (Å²) in [5.74, 6) is -1.91. The number of ether oxygens (including phenoxy) is 4. The average Bonchev–Trinajstić information content (AvgIpc) is 2.79. The molecule has 2 aromatic heterocycles. The van der Waals surface area contributed by atoms with Crippen molar-refractivity contribution in [3.8, 4) is 11.5 Å². The fourth-order valence-electron chi connectivity index (χ4n) is 2.63. The van der Waals surface area contributed by atoms with Crippen LogP contribution in [0.2, 0.25) is 10.0 Å². The lowest BCUT2D eigenvalue weighted by molar-refractivity contribution is -0.151. The van der Waals surface area contributed by atoms with Gasteiger partial charge in [0.1, 0.15) is 6.04 Å². The predicted octanol–water partition coefficient (Wildman–Crippen LogP) is 3.37. The van der Waals surface area contributed by atoms with Crippen LogP contribution in [-0.2, 0) is 25.5 Å². The zero-order valence-electron chi connectivity index (χ0n) is 19.1. The Balaban J connectivity index is 2.33. The van der Waals surface area contributed by atoms with Crippen LogP contribution in [-0.4, -0.2) is 53.9 Å². The minimum absolute atomic E-state index is 0.0649. The van der Waals surface area contributed by atoms with Crippen molar-refractivity contribution in [2.24, 2.45) is 0 Å². The third-order valence-electron chi connectivity index (χ3n) is 4.53. The fourth-order valence-corrected chi connectivity index (χ4v) is 3.09. The lowest BCUT2D eigenvalue weighted by Crippen LogP contribution is -2.44. The van der Waals surface area contributed by atoms with E-state index in [4.69, 9.17) is 42.1 Å². The van der Waals surface area contributed by atoms with Crippen molar-refractivity contribution in [1.82, 2.24) is 15.3 Å². The van der Waals surface area contributed by atoms with E-state index in [9.17, 15) is 14.4 Å². The summed E-state index contributed by atoms with van der Waals surface area (Å²) in [6.07, 6.45) is 2.85. The van der Waals surface area contributed by atoms with Gasteiger partial charge in [-0.25, -0.2) is 9.78 Å². The highest BCUT2D eigenvalue weighted by Crippen LogP contribution is 2.30. The molecule has 12 heteroatoms. The van der Waals surface area contributed by atoms with Crippen molar-refractivity contribution >= 4 is 41.0 Å². The van der Waals surface area contributed by atoms with Gasteiger partial charge in [-0.05, 0) is 19.4 Å². The second kappa shape index (κ2) is 13.0. The second-order valence-corrected chi connectivity index (χ2v) is 7.90. The zero-order valence-corrected chi connectivity index (χ0v) is 20.6. The van der Waals surface area contributed by atoms with E-state index in [1.807, 2.05) is 6.92 Å². The summed E-state index contributed by atoms with van der Waals surface area (Å²) >= 11 is 12.1. The minimum atomic E-state index is -1.15. The van der Waals surface area contributed by atoms with Crippen molar-refractivity contribution in [2.75, 3.05) is 13.9 Å².